The average Bonchev–Trinajstić information content (AvgIpc) is 2.28. The summed E-state index contributed by atoms with van der Waals surface area (Å²) in [6, 6.07) is 15.2. The number of benzene rings is 2. The molecule has 1 nitrogen and oxygen atoms in total. The van der Waals surface area contributed by atoms with Gasteiger partial charge in [0.25, 0.3) is 0 Å². The van der Waals surface area contributed by atoms with E-state index in [0.29, 0.717) is 5.75 Å². The monoisotopic (exact) mass is 232 g/mol. The van der Waals surface area contributed by atoms with Crippen LogP contribution in [0.25, 0.3) is 0 Å². The summed E-state index contributed by atoms with van der Waals surface area (Å²) < 4.78 is 0. The maximum Gasteiger partial charge on any atom is 0.118 e. The molecule has 0 spiro atoms. The first-order chi connectivity index (χ1) is 7.75. The lowest BCUT2D eigenvalue weighted by Crippen LogP contribution is -1.91. The van der Waals surface area contributed by atoms with Gasteiger partial charge in [0, 0.05) is 5.02 Å². The van der Waals surface area contributed by atoms with Crippen LogP contribution in [0.4, 0.5) is 0 Å². The van der Waals surface area contributed by atoms with Gasteiger partial charge in [0.05, 0.1) is 0 Å². The number of phenols is 1. The lowest BCUT2D eigenvalue weighted by atomic mass is 10.0. The zero-order valence-electron chi connectivity index (χ0n) is 8.86. The van der Waals surface area contributed by atoms with Crippen LogP contribution in [0.1, 0.15) is 11.1 Å². The first kappa shape index (κ1) is 11.0. The van der Waals surface area contributed by atoms with Crippen LogP contribution in [0, 0.1) is 0 Å². The van der Waals surface area contributed by atoms with Crippen LogP contribution in [0.2, 0.25) is 5.02 Å². The van der Waals surface area contributed by atoms with Gasteiger partial charge in [-0.05, 0) is 42.2 Å². The van der Waals surface area contributed by atoms with Gasteiger partial charge in [-0.2, -0.15) is 0 Å². The Morgan fingerprint density at radius 2 is 1.75 bits per heavy atom. The maximum absolute atomic E-state index is 9.62. The smallest absolute Gasteiger partial charge is 0.118 e. The number of hydrogen-bond donors (Lipinski definition) is 1. The average molecular weight is 233 g/mol. The summed E-state index contributed by atoms with van der Waals surface area (Å²) in [7, 11) is 0. The van der Waals surface area contributed by atoms with E-state index in [-0.39, 0.29) is 0 Å². The van der Waals surface area contributed by atoms with Crippen LogP contribution in [-0.2, 0) is 12.8 Å². The Balaban J connectivity index is 2.05. The Kier molecular flexibility index (Phi) is 3.47. The normalized spacial score (nSPS) is 10.3. The van der Waals surface area contributed by atoms with Gasteiger partial charge >= 0.3 is 0 Å². The second-order valence-corrected chi connectivity index (χ2v) is 4.20. The van der Waals surface area contributed by atoms with Crippen LogP contribution in [0.15, 0.2) is 48.5 Å². The van der Waals surface area contributed by atoms with Gasteiger partial charge in [-0.3, -0.25) is 0 Å². The van der Waals surface area contributed by atoms with Crippen molar-refractivity contribution in [3.8, 4) is 5.75 Å². The molecule has 0 aliphatic rings. The second kappa shape index (κ2) is 5.04. The molecule has 16 heavy (non-hydrogen) atoms. The largest absolute Gasteiger partial charge is 0.508 e. The number of halogens is 1. The van der Waals surface area contributed by atoms with Gasteiger partial charge in [-0.15, -0.1) is 0 Å². The predicted octanol–water partition coefficient (Wildman–Crippen LogP) is 3.83. The summed E-state index contributed by atoms with van der Waals surface area (Å²) in [6.07, 6.45) is 1.71. The van der Waals surface area contributed by atoms with Crippen LogP contribution in [0.3, 0.4) is 0 Å². The Labute approximate surface area is 100 Å². The molecule has 0 atom stereocenters. The van der Waals surface area contributed by atoms with Gasteiger partial charge in [0.15, 0.2) is 0 Å². The van der Waals surface area contributed by atoms with Crippen molar-refractivity contribution in [2.24, 2.45) is 0 Å². The quantitative estimate of drug-likeness (QED) is 0.853. The van der Waals surface area contributed by atoms with Crippen LogP contribution >= 0.6 is 11.6 Å². The summed E-state index contributed by atoms with van der Waals surface area (Å²) in [5.41, 5.74) is 2.17. The summed E-state index contributed by atoms with van der Waals surface area (Å²) in [6.45, 7) is 0. The van der Waals surface area contributed by atoms with Crippen molar-refractivity contribution < 1.29 is 5.11 Å². The SMILES string of the molecule is Oc1ccccc1CCc1cccc(Cl)c1. The highest BCUT2D eigenvalue weighted by molar-refractivity contribution is 6.30. The zero-order chi connectivity index (χ0) is 11.4. The molecule has 0 aliphatic carbocycles. The minimum atomic E-state index is 0.365. The molecule has 2 aromatic rings. The van der Waals surface area contributed by atoms with Gasteiger partial charge in [-0.1, -0.05) is 41.9 Å². The van der Waals surface area contributed by atoms with E-state index in [9.17, 15) is 5.11 Å². The highest BCUT2D eigenvalue weighted by Gasteiger charge is 2.00. The van der Waals surface area contributed by atoms with E-state index in [1.165, 1.54) is 5.56 Å². The number of rotatable bonds is 3. The first-order valence-corrected chi connectivity index (χ1v) is 5.65. The van der Waals surface area contributed by atoms with Gasteiger partial charge in [-0.25, -0.2) is 0 Å². The zero-order valence-corrected chi connectivity index (χ0v) is 9.61. The van der Waals surface area contributed by atoms with Crippen molar-refractivity contribution in [2.45, 2.75) is 12.8 Å². The topological polar surface area (TPSA) is 20.2 Å². The number of aryl methyl sites for hydroxylation is 2. The molecule has 82 valence electrons. The van der Waals surface area contributed by atoms with E-state index < -0.39 is 0 Å². The lowest BCUT2D eigenvalue weighted by Gasteiger charge is -2.04. The van der Waals surface area contributed by atoms with E-state index in [1.54, 1.807) is 6.07 Å². The predicted molar refractivity (Wildman–Crippen MR) is 67.0 cm³/mol. The molecule has 2 rings (SSSR count). The summed E-state index contributed by atoms with van der Waals surface area (Å²) in [4.78, 5) is 0. The first-order valence-electron chi connectivity index (χ1n) is 5.27. The molecule has 0 aliphatic heterocycles. The third kappa shape index (κ3) is 2.77. The van der Waals surface area contributed by atoms with E-state index in [4.69, 9.17) is 11.6 Å². The molecule has 0 radical (unpaired) electrons. The number of hydrogen-bond acceptors (Lipinski definition) is 1. The summed E-state index contributed by atoms with van der Waals surface area (Å²) in [5.74, 6) is 0.365. The molecule has 2 heteroatoms. The molecule has 0 fully saturated rings. The van der Waals surface area contributed by atoms with Crippen LogP contribution < -0.4 is 0 Å². The lowest BCUT2D eigenvalue weighted by molar-refractivity contribution is 0.468. The molecule has 2 aromatic carbocycles. The minimum absolute atomic E-state index is 0.365. The van der Waals surface area contributed by atoms with Crippen molar-refractivity contribution >= 4 is 11.6 Å². The number of aromatic hydroxyl groups is 1. The summed E-state index contributed by atoms with van der Waals surface area (Å²) in [5, 5.41) is 10.4. The Morgan fingerprint density at radius 3 is 2.50 bits per heavy atom. The molecule has 0 heterocycles. The summed E-state index contributed by atoms with van der Waals surface area (Å²) >= 11 is 5.91. The van der Waals surface area contributed by atoms with E-state index in [0.717, 1.165) is 23.4 Å². The highest BCUT2D eigenvalue weighted by Crippen LogP contribution is 2.19. The van der Waals surface area contributed by atoms with Crippen LogP contribution in [0.5, 0.6) is 5.75 Å². The third-order valence-corrected chi connectivity index (χ3v) is 2.80. The van der Waals surface area contributed by atoms with Gasteiger partial charge in [0.2, 0.25) is 0 Å². The van der Waals surface area contributed by atoms with Crippen molar-refractivity contribution in [1.82, 2.24) is 0 Å². The Bertz CT molecular complexity index is 480. The maximum atomic E-state index is 9.62. The van der Waals surface area contributed by atoms with Crippen molar-refractivity contribution in [3.63, 3.8) is 0 Å². The van der Waals surface area contributed by atoms with E-state index in [2.05, 4.69) is 0 Å². The number of para-hydroxylation sites is 1. The standard InChI is InChI=1S/C14H13ClO/c15-13-6-3-4-11(10-13)8-9-12-5-1-2-7-14(12)16/h1-7,10,16H,8-9H2. The van der Waals surface area contributed by atoms with Gasteiger partial charge < -0.3 is 5.11 Å². The molecule has 1 N–H and O–H groups in total. The molecule has 0 bridgehead atoms. The second-order valence-electron chi connectivity index (χ2n) is 3.76. The molecule has 0 saturated heterocycles. The van der Waals surface area contributed by atoms with Gasteiger partial charge in [0.1, 0.15) is 5.75 Å². The van der Waals surface area contributed by atoms with Crippen molar-refractivity contribution in [3.05, 3.63) is 64.7 Å². The fourth-order valence-corrected chi connectivity index (χ4v) is 1.91. The Morgan fingerprint density at radius 1 is 0.938 bits per heavy atom. The third-order valence-electron chi connectivity index (χ3n) is 2.56. The van der Waals surface area contributed by atoms with Crippen molar-refractivity contribution in [1.29, 1.82) is 0 Å². The molecule has 0 saturated carbocycles. The Hall–Kier alpha value is -1.47. The van der Waals surface area contributed by atoms with E-state index in [1.807, 2.05) is 42.5 Å². The van der Waals surface area contributed by atoms with Crippen molar-refractivity contribution in [2.75, 3.05) is 0 Å². The fourth-order valence-electron chi connectivity index (χ4n) is 1.69. The molecule has 0 unspecified atom stereocenters. The highest BCUT2D eigenvalue weighted by atomic mass is 35.5. The number of phenolic OH excluding ortho intramolecular Hbond substituents is 1. The molecule has 0 aromatic heterocycles. The fraction of sp³-hybridized carbons (Fsp3) is 0.143. The minimum Gasteiger partial charge on any atom is -0.508 e. The molecule has 0 amide bonds. The molecular formula is C14H13ClO. The van der Waals surface area contributed by atoms with Crippen LogP contribution in [-0.4, -0.2) is 5.11 Å². The van der Waals surface area contributed by atoms with E-state index >= 15 is 0 Å². The molecular weight excluding hydrogens is 220 g/mol.